The molecule has 0 fully saturated rings. The molecule has 1 aliphatic rings. The molecule has 1 heterocycles. The Bertz CT molecular complexity index is 808. The number of aryl methyl sites for hydroxylation is 1. The van der Waals surface area contributed by atoms with Crippen LogP contribution >= 0.6 is 0 Å². The summed E-state index contributed by atoms with van der Waals surface area (Å²) >= 11 is -2.44. The van der Waals surface area contributed by atoms with Crippen molar-refractivity contribution < 1.29 is 4.74 Å². The molecular formula is C20H18AsO+. The van der Waals surface area contributed by atoms with E-state index in [9.17, 15) is 0 Å². The molecule has 0 aliphatic carbocycles. The second-order valence-electron chi connectivity index (χ2n) is 5.88. The van der Waals surface area contributed by atoms with Crippen LogP contribution in [0.25, 0.3) is 0 Å². The molecular weight excluding hydrogens is 331 g/mol. The molecule has 108 valence electrons. The van der Waals surface area contributed by atoms with Crippen molar-refractivity contribution in [2.75, 3.05) is 0 Å². The Labute approximate surface area is 134 Å². The van der Waals surface area contributed by atoms with Crippen LogP contribution in [0.3, 0.4) is 0 Å². The maximum absolute atomic E-state index is 6.17. The van der Waals surface area contributed by atoms with Gasteiger partial charge in [0, 0.05) is 0 Å². The first-order valence-electron chi connectivity index (χ1n) is 7.50. The van der Waals surface area contributed by atoms with Crippen LogP contribution in [0.2, 0.25) is 5.71 Å². The van der Waals surface area contributed by atoms with Crippen molar-refractivity contribution in [3.63, 3.8) is 0 Å². The normalized spacial score (nSPS) is 14.6. The van der Waals surface area contributed by atoms with Gasteiger partial charge in [0.25, 0.3) is 0 Å². The van der Waals surface area contributed by atoms with Gasteiger partial charge in [-0.25, -0.2) is 0 Å². The third kappa shape index (κ3) is 1.93. The first-order chi connectivity index (χ1) is 10.7. The van der Waals surface area contributed by atoms with E-state index >= 15 is 0 Å². The fraction of sp³-hybridized carbons (Fsp3) is 0.100. The van der Waals surface area contributed by atoms with E-state index in [4.69, 9.17) is 4.74 Å². The predicted molar refractivity (Wildman–Crippen MR) is 94.7 cm³/mol. The molecule has 0 unspecified atom stereocenters. The van der Waals surface area contributed by atoms with Gasteiger partial charge in [-0.3, -0.25) is 0 Å². The Kier molecular flexibility index (Phi) is 3.13. The molecule has 0 radical (unpaired) electrons. The van der Waals surface area contributed by atoms with Crippen molar-refractivity contribution in [3.05, 3.63) is 78.4 Å². The molecule has 0 atom stereocenters. The maximum atomic E-state index is 6.17. The van der Waals surface area contributed by atoms with Crippen molar-refractivity contribution in [1.82, 2.24) is 0 Å². The van der Waals surface area contributed by atoms with E-state index in [1.165, 1.54) is 18.6 Å². The SMILES string of the molecule is Cc1cccc([As+]2(C)c3ccccc3Oc3ccccc32)c1. The zero-order valence-corrected chi connectivity index (χ0v) is 14.7. The molecule has 2 heteroatoms. The van der Waals surface area contributed by atoms with Gasteiger partial charge < -0.3 is 0 Å². The molecule has 0 saturated carbocycles. The fourth-order valence-corrected chi connectivity index (χ4v) is 10.7. The monoisotopic (exact) mass is 349 g/mol. The van der Waals surface area contributed by atoms with Gasteiger partial charge in [-0.15, -0.1) is 0 Å². The average molecular weight is 349 g/mol. The molecule has 4 rings (SSSR count). The number of para-hydroxylation sites is 2. The number of benzene rings is 3. The van der Waals surface area contributed by atoms with Crippen molar-refractivity contribution in [3.8, 4) is 11.5 Å². The minimum atomic E-state index is -2.44. The van der Waals surface area contributed by atoms with Crippen LogP contribution in [-0.4, -0.2) is 13.6 Å². The van der Waals surface area contributed by atoms with Gasteiger partial charge in [0.05, 0.1) is 0 Å². The van der Waals surface area contributed by atoms with Crippen LogP contribution in [-0.2, 0) is 0 Å². The van der Waals surface area contributed by atoms with E-state index in [1.54, 1.807) is 0 Å². The topological polar surface area (TPSA) is 9.23 Å². The third-order valence-electron chi connectivity index (χ3n) is 4.43. The Morgan fingerprint density at radius 2 is 1.32 bits per heavy atom. The number of fused-ring (bicyclic) bond motifs is 2. The molecule has 0 bridgehead atoms. The summed E-state index contributed by atoms with van der Waals surface area (Å²) in [5.41, 5.74) is 3.79. The summed E-state index contributed by atoms with van der Waals surface area (Å²) in [6, 6.07) is 26.1. The average Bonchev–Trinajstić information content (AvgIpc) is 2.55. The van der Waals surface area contributed by atoms with Crippen molar-refractivity contribution >= 4 is 26.6 Å². The zero-order chi connectivity index (χ0) is 15.2. The van der Waals surface area contributed by atoms with Crippen molar-refractivity contribution in [1.29, 1.82) is 0 Å². The first-order valence-corrected chi connectivity index (χ1v) is 12.2. The molecule has 3 aromatic carbocycles. The van der Waals surface area contributed by atoms with Gasteiger partial charge in [-0.05, 0) is 0 Å². The summed E-state index contributed by atoms with van der Waals surface area (Å²) in [6.07, 6.45) is 0. The molecule has 0 saturated heterocycles. The Morgan fingerprint density at radius 1 is 0.727 bits per heavy atom. The summed E-state index contributed by atoms with van der Waals surface area (Å²) in [4.78, 5) is 0. The van der Waals surface area contributed by atoms with Crippen LogP contribution in [0.5, 0.6) is 11.5 Å². The van der Waals surface area contributed by atoms with E-state index in [-0.39, 0.29) is 0 Å². The summed E-state index contributed by atoms with van der Waals surface area (Å²) in [7, 11) is 0. The predicted octanol–water partition coefficient (Wildman–Crippen LogP) is 3.20. The second kappa shape index (κ2) is 5.04. The van der Waals surface area contributed by atoms with Crippen molar-refractivity contribution in [2.45, 2.75) is 12.6 Å². The van der Waals surface area contributed by atoms with Gasteiger partial charge in [0.1, 0.15) is 0 Å². The van der Waals surface area contributed by atoms with Gasteiger partial charge >= 0.3 is 134 Å². The first kappa shape index (κ1) is 13.7. The van der Waals surface area contributed by atoms with E-state index in [0.29, 0.717) is 0 Å². The molecule has 0 spiro atoms. The third-order valence-corrected chi connectivity index (χ3v) is 12.8. The Hall–Kier alpha value is -1.98. The van der Waals surface area contributed by atoms with Gasteiger partial charge in [0.15, 0.2) is 0 Å². The van der Waals surface area contributed by atoms with Crippen LogP contribution in [0.15, 0.2) is 72.8 Å². The molecule has 22 heavy (non-hydrogen) atoms. The molecule has 3 aromatic rings. The standard InChI is InChI=1S/C20H18AsO/c1-15-8-7-9-16(14-15)21(2)17-10-3-5-12-19(17)22-20-13-6-4-11-18(20)21/h3-14H,1-2H3/q+1. The van der Waals surface area contributed by atoms with Gasteiger partial charge in [-0.1, -0.05) is 0 Å². The van der Waals surface area contributed by atoms with Gasteiger partial charge in [0.2, 0.25) is 0 Å². The van der Waals surface area contributed by atoms with E-state index in [1.807, 2.05) is 0 Å². The molecule has 1 aliphatic heterocycles. The van der Waals surface area contributed by atoms with E-state index in [2.05, 4.69) is 85.4 Å². The molecule has 0 aromatic heterocycles. The van der Waals surface area contributed by atoms with Crippen LogP contribution < -0.4 is 17.8 Å². The van der Waals surface area contributed by atoms with Crippen LogP contribution in [0.1, 0.15) is 5.56 Å². The molecule has 0 amide bonds. The van der Waals surface area contributed by atoms with Gasteiger partial charge in [-0.2, -0.15) is 0 Å². The summed E-state index contributed by atoms with van der Waals surface area (Å²) < 4.78 is 10.4. The molecule has 0 N–H and O–H groups in total. The number of hydrogen-bond donors (Lipinski definition) is 0. The zero-order valence-electron chi connectivity index (χ0n) is 12.8. The fourth-order valence-electron chi connectivity index (χ4n) is 3.26. The van der Waals surface area contributed by atoms with E-state index < -0.39 is 13.6 Å². The Balaban J connectivity index is 2.06. The number of ether oxygens (including phenoxy) is 1. The number of rotatable bonds is 1. The van der Waals surface area contributed by atoms with Crippen molar-refractivity contribution in [2.24, 2.45) is 0 Å². The van der Waals surface area contributed by atoms with E-state index in [0.717, 1.165) is 11.5 Å². The quantitative estimate of drug-likeness (QED) is 0.613. The minimum absolute atomic E-state index is 1.03. The summed E-state index contributed by atoms with van der Waals surface area (Å²) in [6.45, 7) is 2.17. The molecule has 1 nitrogen and oxygen atoms in total. The van der Waals surface area contributed by atoms with Crippen LogP contribution in [0, 0.1) is 6.92 Å². The second-order valence-corrected chi connectivity index (χ2v) is 13.2. The van der Waals surface area contributed by atoms with Crippen LogP contribution in [0.4, 0.5) is 0 Å². The number of hydrogen-bond acceptors (Lipinski definition) is 1. The Morgan fingerprint density at radius 3 is 1.91 bits per heavy atom. The summed E-state index contributed by atoms with van der Waals surface area (Å²) in [5, 5.41) is 0. The summed E-state index contributed by atoms with van der Waals surface area (Å²) in [5.74, 6) is 2.05.